The first-order valence-electron chi connectivity index (χ1n) is 16.6. The van der Waals surface area contributed by atoms with Gasteiger partial charge in [-0.25, -0.2) is 13.2 Å². The van der Waals surface area contributed by atoms with Gasteiger partial charge in [0.1, 0.15) is 21.6 Å². The summed E-state index contributed by atoms with van der Waals surface area (Å²) >= 11 is 0. The second-order valence-electron chi connectivity index (χ2n) is 11.8. The van der Waals surface area contributed by atoms with Crippen LogP contribution in [0.4, 0.5) is 0 Å². The van der Waals surface area contributed by atoms with E-state index in [2.05, 4.69) is 24.5 Å². The van der Waals surface area contributed by atoms with Gasteiger partial charge in [0.2, 0.25) is 11.8 Å². The van der Waals surface area contributed by atoms with Crippen LogP contribution >= 0.6 is 0 Å². The third-order valence-corrected chi connectivity index (χ3v) is 9.70. The Balaban J connectivity index is 2.79. The van der Waals surface area contributed by atoms with Gasteiger partial charge in [0.05, 0.1) is 30.6 Å². The van der Waals surface area contributed by atoms with Crippen LogP contribution in [0.1, 0.15) is 96.5 Å². The summed E-state index contributed by atoms with van der Waals surface area (Å²) in [6.07, 6.45) is 12.9. The van der Waals surface area contributed by atoms with Gasteiger partial charge in [-0.05, 0) is 49.8 Å². The summed E-state index contributed by atoms with van der Waals surface area (Å²) in [6.45, 7) is 3.55. The molecule has 0 aliphatic rings. The van der Waals surface area contributed by atoms with E-state index in [4.69, 9.17) is 4.74 Å². The molecule has 0 saturated carbocycles. The lowest BCUT2D eigenvalue weighted by atomic mass is 9.86. The molecule has 2 amide bonds. The van der Waals surface area contributed by atoms with Crippen LogP contribution < -0.4 is 15.4 Å². The lowest BCUT2D eigenvalue weighted by molar-refractivity contribution is -0.171. The van der Waals surface area contributed by atoms with Crippen LogP contribution in [0.5, 0.6) is 5.75 Å². The molecular weight excluding hydrogens is 612 g/mol. The number of unbranched alkanes of at least 4 members (excludes halogenated alkanes) is 9. The minimum Gasteiger partial charge on any atom is -0.494 e. The van der Waals surface area contributed by atoms with Crippen LogP contribution in [0.15, 0.2) is 36.4 Å². The second-order valence-corrected chi connectivity index (χ2v) is 14.1. The molecule has 46 heavy (non-hydrogen) atoms. The van der Waals surface area contributed by atoms with E-state index in [1.54, 1.807) is 30.3 Å². The summed E-state index contributed by atoms with van der Waals surface area (Å²) in [4.78, 5) is 37.9. The van der Waals surface area contributed by atoms with Crippen molar-refractivity contribution in [2.75, 3.05) is 31.8 Å². The number of hydrogen-bond donors (Lipinski definition) is 5. The van der Waals surface area contributed by atoms with Gasteiger partial charge in [0, 0.05) is 13.5 Å². The predicted octanol–water partition coefficient (Wildman–Crippen LogP) is 3.95. The molecule has 0 aromatic heterocycles. The number of amides is 2. The molecule has 5 N–H and O–H groups in total. The topological polar surface area (TPSA) is 179 Å². The van der Waals surface area contributed by atoms with Gasteiger partial charge in [-0.15, -0.1) is 0 Å². The number of carbonyl (C=O) groups is 3. The molecule has 0 saturated heterocycles. The number of rotatable bonds is 26. The molecule has 3 atom stereocenters. The molecule has 0 aliphatic carbocycles. The number of carboxylic acid groups (broad SMARTS) is 1. The summed E-state index contributed by atoms with van der Waals surface area (Å²) in [5, 5.41) is 35.3. The van der Waals surface area contributed by atoms with Crippen molar-refractivity contribution in [1.29, 1.82) is 0 Å². The Kier molecular flexibility index (Phi) is 20.1. The number of likely N-dealkylation sites (N-methyl/N-ethyl adjacent to an activating group) is 1. The van der Waals surface area contributed by atoms with Crippen LogP contribution in [-0.4, -0.2) is 84.9 Å². The predicted molar refractivity (Wildman–Crippen MR) is 179 cm³/mol. The number of carboxylic acids is 1. The third kappa shape index (κ3) is 15.6. The molecule has 0 spiro atoms. The first-order valence-corrected chi connectivity index (χ1v) is 18.4. The fourth-order valence-electron chi connectivity index (χ4n) is 4.90. The molecule has 1 rings (SSSR count). The van der Waals surface area contributed by atoms with E-state index < -0.39 is 51.8 Å². The molecule has 1 aromatic rings. The van der Waals surface area contributed by atoms with Crippen LogP contribution in [0, 0.1) is 5.92 Å². The molecule has 0 radical (unpaired) electrons. The summed E-state index contributed by atoms with van der Waals surface area (Å²) in [5.41, 5.74) is -2.09. The highest BCUT2D eigenvalue weighted by atomic mass is 32.2. The number of aliphatic carboxylic acids is 1. The zero-order valence-corrected chi connectivity index (χ0v) is 28.7. The van der Waals surface area contributed by atoms with Crippen molar-refractivity contribution < 1.29 is 42.9 Å². The lowest BCUT2D eigenvalue weighted by Gasteiger charge is -2.29. The van der Waals surface area contributed by atoms with E-state index in [9.17, 15) is 38.1 Å². The van der Waals surface area contributed by atoms with Crippen LogP contribution in [0.25, 0.3) is 0 Å². The van der Waals surface area contributed by atoms with Crippen molar-refractivity contribution >= 4 is 27.6 Å². The average molecular weight is 669 g/mol. The monoisotopic (exact) mass is 668 g/mol. The minimum absolute atomic E-state index is 0.0935. The van der Waals surface area contributed by atoms with Crippen molar-refractivity contribution in [3.8, 4) is 5.75 Å². The van der Waals surface area contributed by atoms with E-state index in [-0.39, 0.29) is 17.9 Å². The normalized spacial score (nSPS) is 14.4. The van der Waals surface area contributed by atoms with Gasteiger partial charge in [-0.1, -0.05) is 83.1 Å². The molecular formula is C34H56N2O9S. The molecule has 0 bridgehead atoms. The maximum absolute atomic E-state index is 13.3. The summed E-state index contributed by atoms with van der Waals surface area (Å²) < 4.78 is 30.1. The van der Waals surface area contributed by atoms with Crippen molar-refractivity contribution in [1.82, 2.24) is 10.6 Å². The first-order chi connectivity index (χ1) is 21.9. The Labute approximate surface area is 275 Å². The second kappa shape index (κ2) is 22.5. The smallest absolute Gasteiger partial charge is 0.339 e. The maximum Gasteiger partial charge on any atom is 0.339 e. The number of aliphatic hydroxyl groups is 2. The lowest BCUT2D eigenvalue weighted by Crippen LogP contribution is -2.57. The van der Waals surface area contributed by atoms with E-state index in [1.807, 2.05) is 0 Å². The summed E-state index contributed by atoms with van der Waals surface area (Å²) in [5.74, 6) is -3.84. The number of nitrogens with one attached hydrogen (secondary N) is 2. The average Bonchev–Trinajstić information content (AvgIpc) is 3.03. The molecule has 0 aliphatic heterocycles. The number of sulfone groups is 1. The largest absolute Gasteiger partial charge is 0.494 e. The minimum atomic E-state index is -3.06. The van der Waals surface area contributed by atoms with E-state index in [0.717, 1.165) is 50.5 Å². The van der Waals surface area contributed by atoms with Crippen LogP contribution in [-0.2, 0) is 30.6 Å². The van der Waals surface area contributed by atoms with Gasteiger partial charge in [-0.2, -0.15) is 0 Å². The van der Waals surface area contributed by atoms with E-state index in [1.165, 1.54) is 13.1 Å². The standard InChI is InChI=1S/C34H56N2O9S/c1-4-6-8-12-15-23-46(43,44)24-16-13-10-9-11-14-17-29(34(42,26-37)33(40)41)31(38)36-30(32(39)35-3)25-27-18-20-28(21-19-27)45-22-7-5-2/h14,17-21,29-30,37,42H,4-13,15-16,22-26H2,1-3H3,(H,35,39)(H,36,38)(H,40,41)/b17-14+/t29-,30+,34+/m1/s1. The van der Waals surface area contributed by atoms with E-state index >= 15 is 0 Å². The number of allylic oxidation sites excluding steroid dienone is 1. The number of hydrogen-bond acceptors (Lipinski definition) is 8. The fraction of sp³-hybridized carbons (Fsp3) is 0.676. The van der Waals surface area contributed by atoms with Crippen molar-refractivity contribution in [3.63, 3.8) is 0 Å². The number of aliphatic hydroxyl groups excluding tert-OH is 1. The van der Waals surface area contributed by atoms with Gasteiger partial charge in [-0.3, -0.25) is 9.59 Å². The van der Waals surface area contributed by atoms with Crippen LogP contribution in [0.2, 0.25) is 0 Å². The Morgan fingerprint density at radius 2 is 1.48 bits per heavy atom. The zero-order valence-electron chi connectivity index (χ0n) is 27.8. The highest BCUT2D eigenvalue weighted by Crippen LogP contribution is 2.22. The third-order valence-electron chi connectivity index (χ3n) is 7.88. The Morgan fingerprint density at radius 1 is 0.891 bits per heavy atom. The molecule has 0 unspecified atom stereocenters. The molecule has 11 nitrogen and oxygen atoms in total. The quantitative estimate of drug-likeness (QED) is 0.0722. The van der Waals surface area contributed by atoms with Crippen molar-refractivity contribution in [2.24, 2.45) is 5.92 Å². The zero-order chi connectivity index (χ0) is 34.4. The Hall–Kier alpha value is -2.96. The fourth-order valence-corrected chi connectivity index (χ4v) is 6.39. The number of carbonyl (C=O) groups excluding carboxylic acids is 2. The van der Waals surface area contributed by atoms with Gasteiger partial charge in [0.25, 0.3) is 0 Å². The first kappa shape index (κ1) is 41.1. The SMILES string of the molecule is CCCCCCCS(=O)(=O)CCCCCC/C=C/[C@H](C(=O)N[C@@H](Cc1ccc(OCCCC)cc1)C(=O)NC)[C@@](O)(CO)C(=O)O. The molecule has 0 fully saturated rings. The van der Waals surface area contributed by atoms with Gasteiger partial charge in [0.15, 0.2) is 5.60 Å². The van der Waals surface area contributed by atoms with Gasteiger partial charge >= 0.3 is 5.97 Å². The Morgan fingerprint density at radius 3 is 2.02 bits per heavy atom. The van der Waals surface area contributed by atoms with Gasteiger partial charge < -0.3 is 30.7 Å². The van der Waals surface area contributed by atoms with Crippen LogP contribution in [0.3, 0.4) is 0 Å². The molecule has 0 heterocycles. The summed E-state index contributed by atoms with van der Waals surface area (Å²) in [6, 6.07) is 5.99. The maximum atomic E-state index is 13.3. The summed E-state index contributed by atoms with van der Waals surface area (Å²) in [7, 11) is -1.65. The molecule has 1 aromatic carbocycles. The number of ether oxygens (including phenoxy) is 1. The molecule has 12 heteroatoms. The Bertz CT molecular complexity index is 1170. The number of benzene rings is 1. The van der Waals surface area contributed by atoms with Crippen molar-refractivity contribution in [3.05, 3.63) is 42.0 Å². The highest BCUT2D eigenvalue weighted by molar-refractivity contribution is 7.91. The molecule has 262 valence electrons. The van der Waals surface area contributed by atoms with Crippen molar-refractivity contribution in [2.45, 2.75) is 109 Å². The van der Waals surface area contributed by atoms with E-state index in [0.29, 0.717) is 44.5 Å². The highest BCUT2D eigenvalue weighted by Gasteiger charge is 2.47.